The van der Waals surface area contributed by atoms with Gasteiger partial charge in [-0.1, -0.05) is 61.0 Å². The third-order valence-corrected chi connectivity index (χ3v) is 4.01. The Bertz CT molecular complexity index is 745. The fraction of sp³-hybridized carbons (Fsp3) is 0.222. The van der Waals surface area contributed by atoms with Gasteiger partial charge in [-0.25, -0.2) is 0 Å². The number of furan rings is 1. The molecule has 0 aliphatic heterocycles. The van der Waals surface area contributed by atoms with Crippen LogP contribution >= 0.6 is 15.9 Å². The fourth-order valence-corrected chi connectivity index (χ4v) is 2.67. The van der Waals surface area contributed by atoms with Crippen molar-refractivity contribution >= 4 is 26.9 Å². The van der Waals surface area contributed by atoms with E-state index in [1.807, 2.05) is 12.1 Å². The van der Waals surface area contributed by atoms with Crippen LogP contribution in [0.5, 0.6) is 0 Å². The molecule has 0 aliphatic rings. The third kappa shape index (κ3) is 2.53. The molecule has 0 amide bonds. The summed E-state index contributed by atoms with van der Waals surface area (Å²) in [6.45, 7) is 6.67. The summed E-state index contributed by atoms with van der Waals surface area (Å²) in [7, 11) is 0. The van der Waals surface area contributed by atoms with Crippen molar-refractivity contribution in [2.75, 3.05) is 0 Å². The summed E-state index contributed by atoms with van der Waals surface area (Å²) in [5.74, 6) is 0.915. The number of hydrogen-bond donors (Lipinski definition) is 0. The van der Waals surface area contributed by atoms with Gasteiger partial charge in [0, 0.05) is 15.4 Å². The summed E-state index contributed by atoms with van der Waals surface area (Å²) in [5.41, 5.74) is 3.55. The summed E-state index contributed by atoms with van der Waals surface area (Å²) in [4.78, 5) is 0. The molecule has 0 radical (unpaired) electrons. The highest BCUT2D eigenvalue weighted by atomic mass is 79.9. The van der Waals surface area contributed by atoms with E-state index in [1.165, 1.54) is 5.56 Å². The first-order valence-electron chi connectivity index (χ1n) is 6.73. The highest BCUT2D eigenvalue weighted by Gasteiger charge is 2.14. The number of rotatable bonds is 1. The zero-order chi connectivity index (χ0) is 14.3. The predicted molar refractivity (Wildman–Crippen MR) is 88.1 cm³/mol. The lowest BCUT2D eigenvalue weighted by Crippen LogP contribution is -2.10. The Balaban J connectivity index is 2.02. The molecule has 0 bridgehead atoms. The minimum Gasteiger partial charge on any atom is -0.456 e. The van der Waals surface area contributed by atoms with Gasteiger partial charge in [0.05, 0.1) is 0 Å². The second-order valence-electron chi connectivity index (χ2n) is 6.12. The Kier molecular flexibility index (Phi) is 3.21. The zero-order valence-corrected chi connectivity index (χ0v) is 13.5. The van der Waals surface area contributed by atoms with Crippen LogP contribution in [0.2, 0.25) is 0 Å². The molecule has 3 aromatic rings. The summed E-state index contributed by atoms with van der Waals surface area (Å²) < 4.78 is 6.98. The van der Waals surface area contributed by atoms with Crippen LogP contribution in [0, 0.1) is 0 Å². The number of hydrogen-bond acceptors (Lipinski definition) is 1. The van der Waals surface area contributed by atoms with Crippen LogP contribution in [0.1, 0.15) is 26.3 Å². The second-order valence-corrected chi connectivity index (χ2v) is 7.04. The molecule has 102 valence electrons. The first-order chi connectivity index (χ1) is 9.43. The van der Waals surface area contributed by atoms with Gasteiger partial charge >= 0.3 is 0 Å². The van der Waals surface area contributed by atoms with Crippen molar-refractivity contribution < 1.29 is 4.42 Å². The normalized spacial score (nSPS) is 12.0. The number of benzene rings is 2. The summed E-state index contributed by atoms with van der Waals surface area (Å²) in [6, 6.07) is 16.8. The standard InChI is InChI=1S/C18H17BrO/c1-18(2,3)14-6-4-12(5-7-14)17-11-13-10-15(19)8-9-16(13)20-17/h4-11H,1-3H3. The Labute approximate surface area is 127 Å². The SMILES string of the molecule is CC(C)(C)c1ccc(-c2cc3cc(Br)ccc3o2)cc1. The van der Waals surface area contributed by atoms with E-state index in [-0.39, 0.29) is 5.41 Å². The maximum atomic E-state index is 5.91. The van der Waals surface area contributed by atoms with Gasteiger partial charge in [0.25, 0.3) is 0 Å². The summed E-state index contributed by atoms with van der Waals surface area (Å²) in [6.07, 6.45) is 0. The monoisotopic (exact) mass is 328 g/mol. The molecule has 0 atom stereocenters. The first-order valence-corrected chi connectivity index (χ1v) is 7.53. The minimum atomic E-state index is 0.178. The molecule has 0 spiro atoms. The molecule has 0 saturated carbocycles. The van der Waals surface area contributed by atoms with E-state index in [0.29, 0.717) is 0 Å². The van der Waals surface area contributed by atoms with Crippen LogP contribution in [-0.4, -0.2) is 0 Å². The third-order valence-electron chi connectivity index (χ3n) is 3.51. The van der Waals surface area contributed by atoms with Crippen molar-refractivity contribution in [2.45, 2.75) is 26.2 Å². The highest BCUT2D eigenvalue weighted by molar-refractivity contribution is 9.10. The van der Waals surface area contributed by atoms with Gasteiger partial charge in [-0.05, 0) is 35.2 Å². The highest BCUT2D eigenvalue weighted by Crippen LogP contribution is 2.31. The Morgan fingerprint density at radius 1 is 0.900 bits per heavy atom. The van der Waals surface area contributed by atoms with Gasteiger partial charge in [0.2, 0.25) is 0 Å². The van der Waals surface area contributed by atoms with Crippen LogP contribution in [0.15, 0.2) is 57.4 Å². The van der Waals surface area contributed by atoms with Crippen molar-refractivity contribution in [1.29, 1.82) is 0 Å². The predicted octanol–water partition coefficient (Wildman–Crippen LogP) is 6.16. The molecule has 0 saturated heterocycles. The molecule has 0 unspecified atom stereocenters. The number of halogens is 1. The summed E-state index contributed by atoms with van der Waals surface area (Å²) >= 11 is 3.49. The van der Waals surface area contributed by atoms with Gasteiger partial charge < -0.3 is 4.42 Å². The van der Waals surface area contributed by atoms with Gasteiger partial charge in [0.1, 0.15) is 11.3 Å². The smallest absolute Gasteiger partial charge is 0.135 e. The maximum Gasteiger partial charge on any atom is 0.135 e. The molecule has 1 aromatic heterocycles. The topological polar surface area (TPSA) is 13.1 Å². The van der Waals surface area contributed by atoms with Gasteiger partial charge in [-0.15, -0.1) is 0 Å². The molecule has 0 aliphatic carbocycles. The Morgan fingerprint density at radius 3 is 2.25 bits per heavy atom. The van der Waals surface area contributed by atoms with Crippen molar-refractivity contribution in [3.63, 3.8) is 0 Å². The molecule has 2 aromatic carbocycles. The largest absolute Gasteiger partial charge is 0.456 e. The van der Waals surface area contributed by atoms with Gasteiger partial charge in [0.15, 0.2) is 0 Å². The van der Waals surface area contributed by atoms with Crippen molar-refractivity contribution in [3.8, 4) is 11.3 Å². The molecule has 20 heavy (non-hydrogen) atoms. The lowest BCUT2D eigenvalue weighted by molar-refractivity contribution is 0.590. The van der Waals surface area contributed by atoms with E-state index < -0.39 is 0 Å². The van der Waals surface area contributed by atoms with E-state index >= 15 is 0 Å². The van der Waals surface area contributed by atoms with E-state index in [0.717, 1.165) is 26.8 Å². The average Bonchev–Trinajstić information content (AvgIpc) is 2.80. The van der Waals surface area contributed by atoms with Crippen LogP contribution in [0.25, 0.3) is 22.3 Å². The zero-order valence-electron chi connectivity index (χ0n) is 11.9. The maximum absolute atomic E-state index is 5.91. The minimum absolute atomic E-state index is 0.178. The summed E-state index contributed by atoms with van der Waals surface area (Å²) in [5, 5.41) is 1.12. The van der Waals surface area contributed by atoms with E-state index in [4.69, 9.17) is 4.42 Å². The quantitative estimate of drug-likeness (QED) is 0.521. The van der Waals surface area contributed by atoms with Gasteiger partial charge in [-0.3, -0.25) is 0 Å². The Morgan fingerprint density at radius 2 is 1.60 bits per heavy atom. The van der Waals surface area contributed by atoms with Crippen LogP contribution in [0.4, 0.5) is 0 Å². The van der Waals surface area contributed by atoms with Crippen molar-refractivity contribution in [1.82, 2.24) is 0 Å². The number of fused-ring (bicyclic) bond motifs is 1. The van der Waals surface area contributed by atoms with Crippen LogP contribution in [-0.2, 0) is 5.41 Å². The molecule has 1 heterocycles. The lowest BCUT2D eigenvalue weighted by Gasteiger charge is -2.18. The van der Waals surface area contributed by atoms with Gasteiger partial charge in [-0.2, -0.15) is 0 Å². The molecule has 3 rings (SSSR count). The van der Waals surface area contributed by atoms with Crippen molar-refractivity contribution in [2.24, 2.45) is 0 Å². The van der Waals surface area contributed by atoms with Crippen molar-refractivity contribution in [3.05, 3.63) is 58.6 Å². The molecular weight excluding hydrogens is 312 g/mol. The molecule has 2 heteroatoms. The molecule has 0 fully saturated rings. The molecule has 1 nitrogen and oxygen atoms in total. The van der Waals surface area contributed by atoms with E-state index in [2.05, 4.69) is 73.1 Å². The Hall–Kier alpha value is -1.54. The van der Waals surface area contributed by atoms with E-state index in [1.54, 1.807) is 0 Å². The lowest BCUT2D eigenvalue weighted by atomic mass is 9.86. The average molecular weight is 329 g/mol. The molecule has 0 N–H and O–H groups in total. The van der Waals surface area contributed by atoms with Crippen LogP contribution in [0.3, 0.4) is 0 Å². The molecular formula is C18H17BrO. The van der Waals surface area contributed by atoms with E-state index in [9.17, 15) is 0 Å². The first kappa shape index (κ1) is 13.4. The van der Waals surface area contributed by atoms with Crippen LogP contribution < -0.4 is 0 Å². The fourth-order valence-electron chi connectivity index (χ4n) is 2.29. The second kappa shape index (κ2) is 4.78.